The second kappa shape index (κ2) is 6.72. The summed E-state index contributed by atoms with van der Waals surface area (Å²) in [6, 6.07) is -1.15. The largest absolute Gasteiger partial charge is 0.480 e. The Morgan fingerprint density at radius 1 is 1.56 bits per heavy atom. The van der Waals surface area contributed by atoms with E-state index in [0.717, 1.165) is 6.42 Å². The fourth-order valence-electron chi connectivity index (χ4n) is 1.98. The van der Waals surface area contributed by atoms with Crippen LogP contribution >= 0.6 is 0 Å². The molecule has 2 N–H and O–H groups in total. The fourth-order valence-corrected chi connectivity index (χ4v) is 2.66. The van der Waals surface area contributed by atoms with Crippen LogP contribution in [0.15, 0.2) is 0 Å². The Hall–Kier alpha value is -1.11. The summed E-state index contributed by atoms with van der Waals surface area (Å²) in [5.74, 6) is -0.422. The first-order valence-corrected chi connectivity index (χ1v) is 7.74. The van der Waals surface area contributed by atoms with Crippen molar-refractivity contribution < 1.29 is 18.9 Å². The van der Waals surface area contributed by atoms with Gasteiger partial charge >= 0.3 is 12.0 Å². The summed E-state index contributed by atoms with van der Waals surface area (Å²) in [6.45, 7) is 2.31. The van der Waals surface area contributed by atoms with Crippen molar-refractivity contribution in [1.29, 1.82) is 0 Å². The van der Waals surface area contributed by atoms with Gasteiger partial charge in [0.25, 0.3) is 0 Å². The number of nitrogens with zero attached hydrogens (tertiary/aromatic N) is 1. The van der Waals surface area contributed by atoms with E-state index in [9.17, 15) is 13.8 Å². The summed E-state index contributed by atoms with van der Waals surface area (Å²) >= 11 is 0. The first kappa shape index (κ1) is 14.9. The second-order valence-corrected chi connectivity index (χ2v) is 6.16. The van der Waals surface area contributed by atoms with E-state index < -0.39 is 22.8 Å². The summed E-state index contributed by atoms with van der Waals surface area (Å²) in [7, 11) is -0.876. The minimum atomic E-state index is -0.954. The van der Waals surface area contributed by atoms with Crippen molar-refractivity contribution in [2.75, 3.05) is 18.6 Å². The second-order valence-electron chi connectivity index (χ2n) is 4.61. The Morgan fingerprint density at radius 2 is 2.22 bits per heavy atom. The molecule has 0 bridgehead atoms. The Bertz CT molecular complexity index is 348. The molecule has 104 valence electrons. The zero-order valence-electron chi connectivity index (χ0n) is 10.7. The van der Waals surface area contributed by atoms with Crippen LogP contribution in [0.1, 0.15) is 26.2 Å². The lowest BCUT2D eigenvalue weighted by atomic mass is 10.2. The van der Waals surface area contributed by atoms with Gasteiger partial charge in [0, 0.05) is 35.4 Å². The third kappa shape index (κ3) is 4.29. The molecular weight excluding hydrogens is 256 g/mol. The number of urea groups is 1. The molecule has 3 atom stereocenters. The first-order chi connectivity index (χ1) is 8.41. The monoisotopic (exact) mass is 276 g/mol. The molecule has 1 rings (SSSR count). The van der Waals surface area contributed by atoms with E-state index >= 15 is 0 Å². The van der Waals surface area contributed by atoms with Gasteiger partial charge in [-0.1, -0.05) is 0 Å². The van der Waals surface area contributed by atoms with E-state index in [4.69, 9.17) is 5.11 Å². The van der Waals surface area contributed by atoms with Crippen LogP contribution in [0.25, 0.3) is 0 Å². The van der Waals surface area contributed by atoms with Crippen LogP contribution in [0.3, 0.4) is 0 Å². The van der Waals surface area contributed by atoms with E-state index in [1.165, 1.54) is 4.90 Å². The number of hydrogen-bond donors (Lipinski definition) is 2. The molecular formula is C11H20N2O4S. The number of rotatable bonds is 5. The predicted octanol–water partition coefficient (Wildman–Crippen LogP) is 0.402. The van der Waals surface area contributed by atoms with Gasteiger partial charge in [0.1, 0.15) is 6.04 Å². The number of hydrogen-bond acceptors (Lipinski definition) is 3. The number of nitrogens with one attached hydrogen (secondary N) is 1. The van der Waals surface area contributed by atoms with Gasteiger partial charge in [-0.15, -0.1) is 0 Å². The predicted molar refractivity (Wildman–Crippen MR) is 68.9 cm³/mol. The number of carboxylic acid groups (broad SMARTS) is 1. The van der Waals surface area contributed by atoms with Crippen LogP contribution in [0.4, 0.5) is 4.79 Å². The highest BCUT2D eigenvalue weighted by atomic mass is 32.2. The Kier molecular flexibility index (Phi) is 5.58. The molecule has 2 amide bonds. The average Bonchev–Trinajstić information content (AvgIpc) is 2.75. The molecule has 0 aromatic heterocycles. The highest BCUT2D eigenvalue weighted by Gasteiger charge is 2.34. The molecule has 1 aliphatic heterocycles. The van der Waals surface area contributed by atoms with Gasteiger partial charge < -0.3 is 15.3 Å². The summed E-state index contributed by atoms with van der Waals surface area (Å²) in [4.78, 5) is 24.2. The minimum Gasteiger partial charge on any atom is -0.480 e. The highest BCUT2D eigenvalue weighted by molar-refractivity contribution is 7.84. The minimum absolute atomic E-state index is 0.101. The standard InChI is InChI=1S/C11H20N2O4S/c1-8(5-7-18(2)17)12-11(16)13-6-3-4-9(13)10(14)15/h8-9H,3-7H2,1-2H3,(H,12,16)(H,14,15). The van der Waals surface area contributed by atoms with Crippen molar-refractivity contribution in [1.82, 2.24) is 10.2 Å². The van der Waals surface area contributed by atoms with Crippen molar-refractivity contribution in [3.8, 4) is 0 Å². The van der Waals surface area contributed by atoms with Crippen LogP contribution in [0.5, 0.6) is 0 Å². The van der Waals surface area contributed by atoms with E-state index in [2.05, 4.69) is 5.32 Å². The third-order valence-electron chi connectivity index (χ3n) is 3.01. The molecule has 0 saturated carbocycles. The van der Waals surface area contributed by atoms with Crippen molar-refractivity contribution in [2.24, 2.45) is 0 Å². The molecule has 0 aromatic rings. The Balaban J connectivity index is 2.44. The number of carbonyl (C=O) groups is 2. The number of likely N-dealkylation sites (tertiary alicyclic amines) is 1. The maximum Gasteiger partial charge on any atom is 0.326 e. The van der Waals surface area contributed by atoms with E-state index in [-0.39, 0.29) is 12.1 Å². The Morgan fingerprint density at radius 3 is 2.78 bits per heavy atom. The van der Waals surface area contributed by atoms with Crippen LogP contribution in [0, 0.1) is 0 Å². The summed E-state index contributed by atoms with van der Waals surface area (Å²) in [5.41, 5.74) is 0. The Labute approximate surface area is 109 Å². The van der Waals surface area contributed by atoms with Gasteiger partial charge in [0.05, 0.1) is 0 Å². The molecule has 1 fully saturated rings. The van der Waals surface area contributed by atoms with Gasteiger partial charge in [-0.05, 0) is 26.2 Å². The van der Waals surface area contributed by atoms with Crippen LogP contribution in [0.2, 0.25) is 0 Å². The zero-order valence-corrected chi connectivity index (χ0v) is 11.5. The summed E-state index contributed by atoms with van der Waals surface area (Å²) in [6.07, 6.45) is 3.48. The fraction of sp³-hybridized carbons (Fsp3) is 0.818. The van der Waals surface area contributed by atoms with Crippen molar-refractivity contribution in [3.63, 3.8) is 0 Å². The SMILES string of the molecule is CC(CCS(C)=O)NC(=O)N1CCCC1C(=O)O. The van der Waals surface area contributed by atoms with Crippen molar-refractivity contribution in [3.05, 3.63) is 0 Å². The van der Waals surface area contributed by atoms with Gasteiger partial charge in [-0.2, -0.15) is 0 Å². The van der Waals surface area contributed by atoms with Gasteiger partial charge in [0.15, 0.2) is 0 Å². The molecule has 1 saturated heterocycles. The number of amides is 2. The lowest BCUT2D eigenvalue weighted by molar-refractivity contribution is -0.141. The van der Waals surface area contributed by atoms with Gasteiger partial charge in [-0.25, -0.2) is 9.59 Å². The van der Waals surface area contributed by atoms with E-state index in [1.807, 2.05) is 6.92 Å². The maximum atomic E-state index is 11.9. The van der Waals surface area contributed by atoms with E-state index in [0.29, 0.717) is 25.1 Å². The number of carboxylic acids is 1. The zero-order chi connectivity index (χ0) is 13.7. The first-order valence-electron chi connectivity index (χ1n) is 6.01. The topological polar surface area (TPSA) is 86.7 Å². The van der Waals surface area contributed by atoms with Crippen molar-refractivity contribution >= 4 is 22.8 Å². The molecule has 0 spiro atoms. The molecule has 7 heteroatoms. The van der Waals surface area contributed by atoms with Crippen LogP contribution in [-0.4, -0.2) is 56.9 Å². The molecule has 1 heterocycles. The lowest BCUT2D eigenvalue weighted by Gasteiger charge is -2.24. The highest BCUT2D eigenvalue weighted by Crippen LogP contribution is 2.17. The maximum absolute atomic E-state index is 11.9. The lowest BCUT2D eigenvalue weighted by Crippen LogP contribution is -2.48. The van der Waals surface area contributed by atoms with E-state index in [1.54, 1.807) is 6.26 Å². The average molecular weight is 276 g/mol. The summed E-state index contributed by atoms with van der Waals surface area (Å²) in [5, 5.41) is 11.7. The van der Waals surface area contributed by atoms with Crippen LogP contribution in [-0.2, 0) is 15.6 Å². The number of aliphatic carboxylic acids is 1. The molecule has 1 aliphatic rings. The van der Waals surface area contributed by atoms with Crippen molar-refractivity contribution in [2.45, 2.75) is 38.3 Å². The smallest absolute Gasteiger partial charge is 0.326 e. The molecule has 3 unspecified atom stereocenters. The molecule has 0 aliphatic carbocycles. The summed E-state index contributed by atoms with van der Waals surface area (Å²) < 4.78 is 10.9. The molecule has 0 aromatic carbocycles. The van der Waals surface area contributed by atoms with Gasteiger partial charge in [-0.3, -0.25) is 4.21 Å². The quantitative estimate of drug-likeness (QED) is 0.761. The number of carbonyl (C=O) groups excluding carboxylic acids is 1. The third-order valence-corrected chi connectivity index (χ3v) is 3.82. The molecule has 0 radical (unpaired) electrons. The molecule has 18 heavy (non-hydrogen) atoms. The normalized spacial score (nSPS) is 22.6. The van der Waals surface area contributed by atoms with Gasteiger partial charge in [0.2, 0.25) is 0 Å². The van der Waals surface area contributed by atoms with Crippen LogP contribution < -0.4 is 5.32 Å². The molecule has 6 nitrogen and oxygen atoms in total.